The Morgan fingerprint density at radius 2 is 1.62 bits per heavy atom. The van der Waals surface area contributed by atoms with E-state index >= 15 is 0 Å². The van der Waals surface area contributed by atoms with Gasteiger partial charge >= 0.3 is 0 Å². The van der Waals surface area contributed by atoms with Crippen LogP contribution in [0.25, 0.3) is 0 Å². The normalized spacial score (nSPS) is 32.3. The maximum absolute atomic E-state index is 6.77. The Hall–Kier alpha value is -0.0800. The Bertz CT molecular complexity index is 273. The highest BCUT2D eigenvalue weighted by atomic mass is 16.5. The van der Waals surface area contributed by atoms with E-state index in [4.69, 9.17) is 4.74 Å². The first-order chi connectivity index (χ1) is 10.2. The summed E-state index contributed by atoms with van der Waals surface area (Å²) in [5.74, 6) is 1.75. The van der Waals surface area contributed by atoms with E-state index in [2.05, 4.69) is 26.1 Å². The van der Waals surface area contributed by atoms with Crippen molar-refractivity contribution in [3.63, 3.8) is 0 Å². The first-order valence-electron chi connectivity index (χ1n) is 9.54. The van der Waals surface area contributed by atoms with Gasteiger partial charge in [0.1, 0.15) is 0 Å². The average Bonchev–Trinajstić information content (AvgIpc) is 2.74. The summed E-state index contributed by atoms with van der Waals surface area (Å²) in [4.78, 5) is 0. The molecule has 0 aliphatic heterocycles. The minimum Gasteiger partial charge on any atom is -0.370 e. The predicted molar refractivity (Wildman–Crippen MR) is 90.6 cm³/mol. The van der Waals surface area contributed by atoms with Gasteiger partial charge in [0.25, 0.3) is 0 Å². The van der Waals surface area contributed by atoms with Gasteiger partial charge in [-0.15, -0.1) is 0 Å². The molecule has 124 valence electrons. The molecule has 2 rings (SSSR count). The molecule has 0 amide bonds. The molecule has 2 heteroatoms. The zero-order valence-corrected chi connectivity index (χ0v) is 14.6. The molecule has 0 aromatic heterocycles. The van der Waals surface area contributed by atoms with E-state index in [1.54, 1.807) is 0 Å². The second-order valence-electron chi connectivity index (χ2n) is 7.78. The third-order valence-corrected chi connectivity index (χ3v) is 5.80. The standard InChI is InChI=1S/C19H37NO/c1-4-20-15-19(13-11-17(12-14-19)16(2)3)21-18-9-7-5-6-8-10-18/h16-18,20H,4-15H2,1-3H3. The van der Waals surface area contributed by atoms with Gasteiger partial charge in [-0.05, 0) is 56.9 Å². The van der Waals surface area contributed by atoms with E-state index in [-0.39, 0.29) is 5.60 Å². The topological polar surface area (TPSA) is 21.3 Å². The molecule has 0 atom stereocenters. The lowest BCUT2D eigenvalue weighted by Crippen LogP contribution is -2.48. The van der Waals surface area contributed by atoms with Gasteiger partial charge in [0.15, 0.2) is 0 Å². The van der Waals surface area contributed by atoms with Crippen molar-refractivity contribution >= 4 is 0 Å². The molecule has 0 radical (unpaired) electrons. The van der Waals surface area contributed by atoms with Gasteiger partial charge in [-0.3, -0.25) is 0 Å². The highest BCUT2D eigenvalue weighted by Crippen LogP contribution is 2.39. The quantitative estimate of drug-likeness (QED) is 0.702. The van der Waals surface area contributed by atoms with Crippen LogP contribution in [0.5, 0.6) is 0 Å². The summed E-state index contributed by atoms with van der Waals surface area (Å²) in [6, 6.07) is 0. The molecule has 2 fully saturated rings. The Balaban J connectivity index is 1.93. The van der Waals surface area contributed by atoms with E-state index in [0.717, 1.165) is 24.9 Å². The summed E-state index contributed by atoms with van der Waals surface area (Å²) in [5.41, 5.74) is 0.135. The molecular formula is C19H37NO. The smallest absolute Gasteiger partial charge is 0.0810 e. The number of hydrogen-bond acceptors (Lipinski definition) is 2. The highest BCUT2D eigenvalue weighted by molar-refractivity contribution is 4.91. The van der Waals surface area contributed by atoms with Crippen molar-refractivity contribution in [2.24, 2.45) is 11.8 Å². The van der Waals surface area contributed by atoms with Crippen LogP contribution in [-0.2, 0) is 4.74 Å². The van der Waals surface area contributed by atoms with Crippen molar-refractivity contribution < 1.29 is 4.74 Å². The minimum absolute atomic E-state index is 0.135. The molecule has 0 heterocycles. The summed E-state index contributed by atoms with van der Waals surface area (Å²) in [6.45, 7) is 9.09. The maximum atomic E-state index is 6.77. The summed E-state index contributed by atoms with van der Waals surface area (Å²) in [7, 11) is 0. The number of ether oxygens (including phenoxy) is 1. The predicted octanol–water partition coefficient (Wildman–Crippen LogP) is 4.92. The van der Waals surface area contributed by atoms with E-state index in [1.807, 2.05) is 0 Å². The fraction of sp³-hybridized carbons (Fsp3) is 1.00. The molecule has 0 saturated heterocycles. The van der Waals surface area contributed by atoms with Crippen LogP contribution in [-0.4, -0.2) is 24.8 Å². The minimum atomic E-state index is 0.135. The molecule has 0 aromatic rings. The van der Waals surface area contributed by atoms with Crippen molar-refractivity contribution in [3.8, 4) is 0 Å². The summed E-state index contributed by atoms with van der Waals surface area (Å²) in [5, 5.41) is 3.58. The molecule has 2 aliphatic carbocycles. The van der Waals surface area contributed by atoms with Crippen molar-refractivity contribution in [1.82, 2.24) is 5.32 Å². The van der Waals surface area contributed by atoms with Crippen LogP contribution in [0.3, 0.4) is 0 Å². The van der Waals surface area contributed by atoms with Crippen LogP contribution in [0.4, 0.5) is 0 Å². The molecule has 0 spiro atoms. The van der Waals surface area contributed by atoms with Gasteiger partial charge in [0.05, 0.1) is 11.7 Å². The number of nitrogens with one attached hydrogen (secondary N) is 1. The zero-order chi connectivity index (χ0) is 15.1. The third kappa shape index (κ3) is 5.25. The van der Waals surface area contributed by atoms with Crippen LogP contribution in [0.2, 0.25) is 0 Å². The van der Waals surface area contributed by atoms with Crippen molar-refractivity contribution in [1.29, 1.82) is 0 Å². The van der Waals surface area contributed by atoms with Gasteiger partial charge in [-0.2, -0.15) is 0 Å². The van der Waals surface area contributed by atoms with Gasteiger partial charge in [-0.1, -0.05) is 46.5 Å². The van der Waals surface area contributed by atoms with Crippen LogP contribution in [0.1, 0.15) is 85.0 Å². The number of rotatable bonds is 6. The largest absolute Gasteiger partial charge is 0.370 e. The van der Waals surface area contributed by atoms with Crippen molar-refractivity contribution in [2.75, 3.05) is 13.1 Å². The first-order valence-corrected chi connectivity index (χ1v) is 9.54. The van der Waals surface area contributed by atoms with Crippen LogP contribution < -0.4 is 5.32 Å². The van der Waals surface area contributed by atoms with E-state index in [0.29, 0.717) is 6.10 Å². The molecule has 0 bridgehead atoms. The van der Waals surface area contributed by atoms with Crippen molar-refractivity contribution in [3.05, 3.63) is 0 Å². The lowest BCUT2D eigenvalue weighted by molar-refractivity contribution is -0.123. The first kappa shape index (κ1) is 17.3. The summed E-state index contributed by atoms with van der Waals surface area (Å²) in [6.07, 6.45) is 13.9. The second-order valence-corrected chi connectivity index (χ2v) is 7.78. The lowest BCUT2D eigenvalue weighted by Gasteiger charge is -2.43. The van der Waals surface area contributed by atoms with Gasteiger partial charge in [0.2, 0.25) is 0 Å². The van der Waals surface area contributed by atoms with Crippen LogP contribution in [0, 0.1) is 11.8 Å². The van der Waals surface area contributed by atoms with E-state index in [1.165, 1.54) is 64.2 Å². The Morgan fingerprint density at radius 1 is 1.00 bits per heavy atom. The fourth-order valence-corrected chi connectivity index (χ4v) is 4.24. The van der Waals surface area contributed by atoms with Crippen LogP contribution in [0.15, 0.2) is 0 Å². The highest BCUT2D eigenvalue weighted by Gasteiger charge is 2.38. The van der Waals surface area contributed by atoms with Crippen molar-refractivity contribution in [2.45, 2.75) is 96.7 Å². The fourth-order valence-electron chi connectivity index (χ4n) is 4.24. The monoisotopic (exact) mass is 295 g/mol. The van der Waals surface area contributed by atoms with E-state index < -0.39 is 0 Å². The summed E-state index contributed by atoms with van der Waals surface area (Å²) < 4.78 is 6.77. The van der Waals surface area contributed by atoms with Gasteiger partial charge < -0.3 is 10.1 Å². The molecule has 1 N–H and O–H groups in total. The lowest BCUT2D eigenvalue weighted by atomic mass is 9.74. The molecule has 0 unspecified atom stereocenters. The molecule has 2 aliphatic rings. The molecule has 0 aromatic carbocycles. The Labute approximate surface area is 132 Å². The third-order valence-electron chi connectivity index (χ3n) is 5.80. The van der Waals surface area contributed by atoms with Gasteiger partial charge in [-0.25, -0.2) is 0 Å². The SMILES string of the molecule is CCNCC1(OC2CCCCCC2)CCC(C(C)C)CC1. The Morgan fingerprint density at radius 3 is 2.14 bits per heavy atom. The summed E-state index contributed by atoms with van der Waals surface area (Å²) >= 11 is 0. The molecule has 2 saturated carbocycles. The molecule has 2 nitrogen and oxygen atoms in total. The molecule has 21 heavy (non-hydrogen) atoms. The van der Waals surface area contributed by atoms with E-state index in [9.17, 15) is 0 Å². The van der Waals surface area contributed by atoms with Gasteiger partial charge in [0, 0.05) is 6.54 Å². The Kier molecular flexibility index (Phi) is 7.01. The maximum Gasteiger partial charge on any atom is 0.0810 e. The zero-order valence-electron chi connectivity index (χ0n) is 14.6. The second kappa shape index (κ2) is 8.53. The van der Waals surface area contributed by atoms with Crippen LogP contribution >= 0.6 is 0 Å². The number of hydrogen-bond donors (Lipinski definition) is 1. The average molecular weight is 296 g/mol. The molecular weight excluding hydrogens is 258 g/mol. The number of likely N-dealkylation sites (N-methyl/N-ethyl adjacent to an activating group) is 1.